The molecule has 1 aromatic heterocycles. The first-order valence-electron chi connectivity index (χ1n) is 12.4. The summed E-state index contributed by atoms with van der Waals surface area (Å²) in [6, 6.07) is 7.05. The lowest BCUT2D eigenvalue weighted by Crippen LogP contribution is -2.36. The van der Waals surface area contributed by atoms with Gasteiger partial charge in [-0.05, 0) is 66.8 Å². The third-order valence-corrected chi connectivity index (χ3v) is 10.5. The van der Waals surface area contributed by atoms with Crippen LogP contribution in [0, 0.1) is 11.3 Å². The molecule has 7 nitrogen and oxygen atoms in total. The third kappa shape index (κ3) is 6.82. The summed E-state index contributed by atoms with van der Waals surface area (Å²) < 4.78 is 30.4. The second kappa shape index (κ2) is 11.0. The second-order valence-electron chi connectivity index (χ2n) is 10.9. The minimum atomic E-state index is -3.09. The highest BCUT2D eigenvalue weighted by Crippen LogP contribution is 2.44. The number of thiophene rings is 1. The summed E-state index contributed by atoms with van der Waals surface area (Å²) in [6.45, 7) is 7.12. The van der Waals surface area contributed by atoms with Crippen molar-refractivity contribution in [2.24, 2.45) is 11.3 Å². The van der Waals surface area contributed by atoms with Gasteiger partial charge in [0.15, 0.2) is 9.84 Å². The van der Waals surface area contributed by atoms with E-state index in [1.165, 1.54) is 4.88 Å². The van der Waals surface area contributed by atoms with Gasteiger partial charge < -0.3 is 20.5 Å². The summed E-state index contributed by atoms with van der Waals surface area (Å²) in [7, 11) is -3.09. The van der Waals surface area contributed by atoms with Gasteiger partial charge in [-0.15, -0.1) is 11.3 Å². The van der Waals surface area contributed by atoms with Gasteiger partial charge in [0, 0.05) is 21.9 Å². The van der Waals surface area contributed by atoms with E-state index < -0.39 is 15.9 Å². The number of anilines is 1. The number of aliphatic hydroxyl groups excluding tert-OH is 1. The molecule has 2 aliphatic rings. The second-order valence-corrected chi connectivity index (χ2v) is 15.1. The van der Waals surface area contributed by atoms with Crippen molar-refractivity contribution in [3.05, 3.63) is 44.7 Å². The normalized spacial score (nSPS) is 22.0. The molecule has 3 unspecified atom stereocenters. The van der Waals surface area contributed by atoms with E-state index in [1.807, 2.05) is 24.3 Å². The lowest BCUT2D eigenvalue weighted by molar-refractivity contribution is 0.0940. The molecule has 1 fully saturated rings. The zero-order valence-electron chi connectivity index (χ0n) is 21.0. The highest BCUT2D eigenvalue weighted by atomic mass is 79.9. The summed E-state index contributed by atoms with van der Waals surface area (Å²) in [4.78, 5) is 14.6. The van der Waals surface area contributed by atoms with Crippen LogP contribution in [-0.2, 0) is 22.7 Å². The zero-order valence-corrected chi connectivity index (χ0v) is 24.2. The van der Waals surface area contributed by atoms with Crippen LogP contribution in [0.1, 0.15) is 54.4 Å². The van der Waals surface area contributed by atoms with Crippen molar-refractivity contribution in [1.29, 1.82) is 0 Å². The Labute approximate surface area is 226 Å². The Morgan fingerprint density at radius 1 is 1.25 bits per heavy atom. The molecular formula is C26H35BrN2O5S2. The van der Waals surface area contributed by atoms with Gasteiger partial charge in [0.1, 0.15) is 23.5 Å². The number of ether oxygens (including phenoxy) is 1. The number of hydrogen-bond acceptors (Lipinski definition) is 7. The lowest BCUT2D eigenvalue weighted by Gasteiger charge is -2.33. The molecule has 36 heavy (non-hydrogen) atoms. The minimum Gasteiger partial charge on any atom is -0.491 e. The van der Waals surface area contributed by atoms with Crippen LogP contribution in [-0.4, -0.2) is 56.2 Å². The number of rotatable bonds is 8. The predicted octanol–water partition coefficient (Wildman–Crippen LogP) is 4.43. The monoisotopic (exact) mass is 598 g/mol. The van der Waals surface area contributed by atoms with Gasteiger partial charge >= 0.3 is 0 Å². The van der Waals surface area contributed by atoms with Crippen molar-refractivity contribution in [3.63, 3.8) is 0 Å². The molecule has 2 aromatic rings. The number of sulfone groups is 1. The summed E-state index contributed by atoms with van der Waals surface area (Å²) in [6.07, 6.45) is 2.41. The summed E-state index contributed by atoms with van der Waals surface area (Å²) in [5.41, 5.74) is 1.84. The molecular weight excluding hydrogens is 564 g/mol. The highest BCUT2D eigenvalue weighted by molar-refractivity contribution is 9.10. The topological polar surface area (TPSA) is 105 Å². The van der Waals surface area contributed by atoms with Crippen molar-refractivity contribution in [2.75, 3.05) is 30.0 Å². The Morgan fingerprint density at radius 2 is 1.97 bits per heavy atom. The predicted molar refractivity (Wildman–Crippen MR) is 148 cm³/mol. The van der Waals surface area contributed by atoms with E-state index in [4.69, 9.17) is 4.74 Å². The van der Waals surface area contributed by atoms with E-state index in [2.05, 4.69) is 47.3 Å². The molecule has 10 heteroatoms. The molecule has 0 radical (unpaired) electrons. The number of nitrogens with one attached hydrogen (secondary N) is 2. The molecule has 0 saturated carbocycles. The van der Waals surface area contributed by atoms with Gasteiger partial charge in [-0.1, -0.05) is 36.7 Å². The van der Waals surface area contributed by atoms with Gasteiger partial charge in [0.25, 0.3) is 5.91 Å². The number of amides is 1. The third-order valence-electron chi connectivity index (χ3n) is 7.04. The molecule has 4 rings (SSSR count). The van der Waals surface area contributed by atoms with Crippen molar-refractivity contribution >= 4 is 48.0 Å². The number of benzene rings is 1. The molecule has 0 bridgehead atoms. The first-order chi connectivity index (χ1) is 16.9. The highest BCUT2D eigenvalue weighted by Gasteiger charge is 2.35. The average Bonchev–Trinajstić information content (AvgIpc) is 3.34. The molecule has 3 N–H and O–H groups in total. The number of halogens is 1. The van der Waals surface area contributed by atoms with E-state index in [0.29, 0.717) is 23.7 Å². The molecule has 1 aliphatic heterocycles. The maximum absolute atomic E-state index is 13.4. The number of aliphatic hydroxyl groups is 1. The fourth-order valence-electron chi connectivity index (χ4n) is 4.85. The Balaban J connectivity index is 1.47. The Morgan fingerprint density at radius 3 is 2.61 bits per heavy atom. The molecule has 1 aromatic carbocycles. The maximum Gasteiger partial charge on any atom is 0.254 e. The van der Waals surface area contributed by atoms with E-state index in [-0.39, 0.29) is 42.0 Å². The quantitative estimate of drug-likeness (QED) is 0.415. The van der Waals surface area contributed by atoms with Crippen LogP contribution in [0.4, 0.5) is 5.00 Å². The largest absolute Gasteiger partial charge is 0.491 e. The standard InChI is InChI=1S/C26H35BrN2O5S2/c1-26(2,3)16-4-9-21-22(12-16)35-25(23(21)24(31)29-18-10-11-36(32,33)15-18)28-13-19(30)14-34-20-7-5-17(27)6-8-20/h5-8,16,18-19,28,30H,4,9-15H2,1-3H3,(H,29,31). The number of fused-ring (bicyclic) bond motifs is 1. The van der Waals surface area contributed by atoms with Crippen molar-refractivity contribution in [3.8, 4) is 5.75 Å². The summed E-state index contributed by atoms with van der Waals surface area (Å²) >= 11 is 4.97. The van der Waals surface area contributed by atoms with Crippen molar-refractivity contribution in [1.82, 2.24) is 5.32 Å². The van der Waals surface area contributed by atoms with Crippen LogP contribution in [0.5, 0.6) is 5.75 Å². The summed E-state index contributed by atoms with van der Waals surface area (Å²) in [5.74, 6) is 1.07. The van der Waals surface area contributed by atoms with Crippen LogP contribution in [0.15, 0.2) is 28.7 Å². The number of hydrogen-bond donors (Lipinski definition) is 3. The zero-order chi connectivity index (χ0) is 26.1. The van der Waals surface area contributed by atoms with Gasteiger partial charge in [0.2, 0.25) is 0 Å². The molecule has 3 atom stereocenters. The van der Waals surface area contributed by atoms with E-state index in [9.17, 15) is 18.3 Å². The van der Waals surface area contributed by atoms with Crippen LogP contribution >= 0.6 is 27.3 Å². The van der Waals surface area contributed by atoms with Gasteiger partial charge in [-0.2, -0.15) is 0 Å². The van der Waals surface area contributed by atoms with E-state index in [0.717, 1.165) is 34.3 Å². The van der Waals surface area contributed by atoms with Crippen LogP contribution in [0.2, 0.25) is 0 Å². The number of carbonyl (C=O) groups excluding carboxylic acids is 1. The lowest BCUT2D eigenvalue weighted by atomic mass is 9.72. The van der Waals surface area contributed by atoms with E-state index >= 15 is 0 Å². The Bertz CT molecular complexity index is 1190. The van der Waals surface area contributed by atoms with Gasteiger partial charge in [-0.25, -0.2) is 8.42 Å². The molecule has 0 spiro atoms. The average molecular weight is 600 g/mol. The molecule has 198 valence electrons. The smallest absolute Gasteiger partial charge is 0.254 e. The number of carbonyl (C=O) groups is 1. The van der Waals surface area contributed by atoms with Crippen LogP contribution in [0.25, 0.3) is 0 Å². The van der Waals surface area contributed by atoms with Crippen molar-refractivity contribution in [2.45, 2.75) is 58.6 Å². The maximum atomic E-state index is 13.4. The summed E-state index contributed by atoms with van der Waals surface area (Å²) in [5, 5.41) is 17.5. The first kappa shape index (κ1) is 27.4. The Kier molecular flexibility index (Phi) is 8.38. The van der Waals surface area contributed by atoms with Crippen molar-refractivity contribution < 1.29 is 23.1 Å². The molecule has 1 aliphatic carbocycles. The minimum absolute atomic E-state index is 0.00790. The first-order valence-corrected chi connectivity index (χ1v) is 15.8. The van der Waals surface area contributed by atoms with Crippen LogP contribution in [0.3, 0.4) is 0 Å². The SMILES string of the molecule is CC(C)(C)C1CCc2c(sc(NCC(O)COc3ccc(Br)cc3)c2C(=O)NC2CCS(=O)(=O)C2)C1. The fraction of sp³-hybridized carbons (Fsp3) is 0.577. The van der Waals surface area contributed by atoms with Gasteiger partial charge in [-0.3, -0.25) is 4.79 Å². The van der Waals surface area contributed by atoms with Crippen LogP contribution < -0.4 is 15.4 Å². The molecule has 1 saturated heterocycles. The Hall–Kier alpha value is -1.62. The van der Waals surface area contributed by atoms with Gasteiger partial charge in [0.05, 0.1) is 17.1 Å². The molecule has 1 amide bonds. The fourth-order valence-corrected chi connectivity index (χ4v) is 8.12. The van der Waals surface area contributed by atoms with E-state index in [1.54, 1.807) is 11.3 Å². The molecule has 2 heterocycles.